The van der Waals surface area contributed by atoms with Crippen LogP contribution >= 0.6 is 11.6 Å². The van der Waals surface area contributed by atoms with Gasteiger partial charge in [0, 0.05) is 48.7 Å². The molecule has 6 amide bonds. The number of aromatic nitrogens is 2. The monoisotopic (exact) mass is 857 g/mol. The first-order chi connectivity index (χ1) is 30.0. The number of likely N-dealkylation sites (tertiary alicyclic amines) is 1. The van der Waals surface area contributed by atoms with Crippen LogP contribution in [0.2, 0.25) is 5.02 Å². The van der Waals surface area contributed by atoms with E-state index in [0.717, 1.165) is 35.9 Å². The highest BCUT2D eigenvalue weighted by atomic mass is 35.5. The van der Waals surface area contributed by atoms with Crippen LogP contribution in [-0.2, 0) is 20.8 Å². The molecule has 316 valence electrons. The van der Waals surface area contributed by atoms with Gasteiger partial charge in [0.2, 0.25) is 23.7 Å². The Bertz CT molecular complexity index is 2570. The third-order valence-electron chi connectivity index (χ3n) is 11.0. The van der Waals surface area contributed by atoms with Crippen LogP contribution in [0.15, 0.2) is 97.2 Å². The van der Waals surface area contributed by atoms with E-state index in [0.29, 0.717) is 58.9 Å². The number of rotatable bonds is 15. The Morgan fingerprint density at radius 1 is 0.839 bits per heavy atom. The number of halogens is 2. The van der Waals surface area contributed by atoms with Crippen LogP contribution in [0.25, 0.3) is 0 Å². The third-order valence-corrected chi connectivity index (χ3v) is 11.3. The number of nitrogens with one attached hydrogen (secondary N) is 5. The summed E-state index contributed by atoms with van der Waals surface area (Å²) in [5.74, 6) is -2.62. The van der Waals surface area contributed by atoms with E-state index in [-0.39, 0.29) is 54.0 Å². The van der Waals surface area contributed by atoms with E-state index in [9.17, 15) is 33.2 Å². The number of carbonyl (C=O) groups excluding carboxylic acids is 6. The van der Waals surface area contributed by atoms with Gasteiger partial charge < -0.3 is 26.2 Å². The Balaban J connectivity index is 0.749. The van der Waals surface area contributed by atoms with E-state index in [1.807, 2.05) is 17.0 Å². The summed E-state index contributed by atoms with van der Waals surface area (Å²) in [4.78, 5) is 87.3. The summed E-state index contributed by atoms with van der Waals surface area (Å²) in [6.45, 7) is 1.95. The Kier molecular flexibility index (Phi) is 12.2. The van der Waals surface area contributed by atoms with Crippen molar-refractivity contribution in [2.24, 2.45) is 5.92 Å². The molecule has 3 aliphatic rings. The van der Waals surface area contributed by atoms with Crippen molar-refractivity contribution in [2.75, 3.05) is 40.9 Å². The van der Waals surface area contributed by atoms with Crippen LogP contribution in [0.1, 0.15) is 68.7 Å². The van der Waals surface area contributed by atoms with Crippen molar-refractivity contribution in [2.45, 2.75) is 44.6 Å². The van der Waals surface area contributed by atoms with Gasteiger partial charge in [0.1, 0.15) is 6.04 Å². The lowest BCUT2D eigenvalue weighted by Crippen LogP contribution is -2.54. The Morgan fingerprint density at radius 3 is 2.32 bits per heavy atom. The van der Waals surface area contributed by atoms with E-state index in [1.165, 1.54) is 0 Å². The number of imide groups is 2. The predicted octanol–water partition coefficient (Wildman–Crippen LogP) is 6.69. The van der Waals surface area contributed by atoms with Gasteiger partial charge in [0.05, 0.1) is 34.5 Å². The highest BCUT2D eigenvalue weighted by molar-refractivity contribution is 6.34. The lowest BCUT2D eigenvalue weighted by molar-refractivity contribution is -0.137. The third kappa shape index (κ3) is 9.24. The molecular formula is C45H41ClFN9O6. The number of unbranched alkanes of at least 4 members (excludes halogenated alkanes) is 1. The molecule has 1 unspecified atom stereocenters. The van der Waals surface area contributed by atoms with Gasteiger partial charge in [0.25, 0.3) is 17.7 Å². The van der Waals surface area contributed by atoms with Gasteiger partial charge in [-0.25, -0.2) is 9.37 Å². The molecule has 0 saturated carbocycles. The summed E-state index contributed by atoms with van der Waals surface area (Å²) in [7, 11) is 0. The average molecular weight is 858 g/mol. The minimum absolute atomic E-state index is 0.0407. The van der Waals surface area contributed by atoms with Gasteiger partial charge in [-0.1, -0.05) is 48.4 Å². The van der Waals surface area contributed by atoms with Crippen LogP contribution in [0.5, 0.6) is 0 Å². The first kappa shape index (κ1) is 41.5. The number of hydrogen-bond acceptors (Lipinski definition) is 11. The van der Waals surface area contributed by atoms with Crippen molar-refractivity contribution in [1.29, 1.82) is 0 Å². The molecule has 15 nitrogen and oxygen atoms in total. The van der Waals surface area contributed by atoms with Gasteiger partial charge in [0.15, 0.2) is 11.6 Å². The fraction of sp³-hybridized carbons (Fsp3) is 0.244. The molecule has 0 aliphatic carbocycles. The summed E-state index contributed by atoms with van der Waals surface area (Å²) < 4.78 is 14.7. The summed E-state index contributed by atoms with van der Waals surface area (Å²) in [5, 5.41) is 14.7. The second-order valence-corrected chi connectivity index (χ2v) is 15.7. The Morgan fingerprint density at radius 2 is 1.56 bits per heavy atom. The molecule has 4 heterocycles. The minimum Gasteiger partial charge on any atom is -0.384 e. The molecule has 4 aromatic carbocycles. The second-order valence-electron chi connectivity index (χ2n) is 15.3. The number of fused-ring (bicyclic) bond motifs is 1. The summed E-state index contributed by atoms with van der Waals surface area (Å²) in [5.41, 5.74) is 3.89. The van der Waals surface area contributed by atoms with E-state index in [2.05, 4.69) is 36.6 Å². The molecule has 62 heavy (non-hydrogen) atoms. The summed E-state index contributed by atoms with van der Waals surface area (Å²) in [6.07, 6.45) is 4.13. The average Bonchev–Trinajstić information content (AvgIpc) is 3.50. The quantitative estimate of drug-likeness (QED) is 0.0556. The molecule has 0 bridgehead atoms. The van der Waals surface area contributed by atoms with E-state index in [4.69, 9.17) is 11.6 Å². The number of nitrogens with zero attached hydrogens (tertiary/aromatic N) is 4. The highest BCUT2D eigenvalue weighted by Crippen LogP contribution is 2.33. The van der Waals surface area contributed by atoms with Crippen LogP contribution in [0, 0.1) is 11.7 Å². The summed E-state index contributed by atoms with van der Waals surface area (Å²) in [6, 6.07) is 24.6. The standard InChI is InChI=1S/C45H41ClFN9O6/c46-32-8-1-2-9-34(32)52-41(59)28-13-17-29(18-14-28)50-40-33(47)23-49-45(54-40)51-30-15-11-26(12-16-30)22-38(58)55-24-27(25-55)6-3-4-21-48-35-10-5-7-31-39(35)44(62)56(43(31)61)36-19-20-37(57)53-42(36)60/h1-2,5,7-18,23,27,36,48H,3-4,6,19-22,24-25H2,(H,52,59)(H,53,57,60)(H2,49,50,51,54). The SMILES string of the molecule is O=C1CCC(N2C(=O)c3cccc(NCCCCC4CN(C(=O)Cc5ccc(Nc6ncc(F)c(Nc7ccc(C(=O)Nc8ccccc8Cl)cc7)n6)cc5)C4)c3C2=O)C(=O)N1. The smallest absolute Gasteiger partial charge is 0.264 e. The van der Waals surface area contributed by atoms with Crippen LogP contribution < -0.4 is 26.6 Å². The second kappa shape index (κ2) is 18.2. The molecule has 0 radical (unpaired) electrons. The zero-order valence-electron chi connectivity index (χ0n) is 33.3. The van der Waals surface area contributed by atoms with E-state index >= 15 is 0 Å². The van der Waals surface area contributed by atoms with E-state index < -0.39 is 35.5 Å². The van der Waals surface area contributed by atoms with Gasteiger partial charge in [-0.3, -0.25) is 39.0 Å². The maximum absolute atomic E-state index is 14.7. The molecule has 1 aromatic heterocycles. The van der Waals surface area contributed by atoms with Gasteiger partial charge >= 0.3 is 0 Å². The number of anilines is 6. The number of carbonyl (C=O) groups is 6. The molecule has 5 N–H and O–H groups in total. The maximum atomic E-state index is 14.7. The molecule has 17 heteroatoms. The minimum atomic E-state index is -1.02. The van der Waals surface area contributed by atoms with Gasteiger partial charge in [-0.15, -0.1) is 0 Å². The molecule has 8 rings (SSSR count). The molecule has 2 saturated heterocycles. The fourth-order valence-corrected chi connectivity index (χ4v) is 7.82. The Labute approximate surface area is 360 Å². The van der Waals surface area contributed by atoms with Crippen LogP contribution in [0.4, 0.5) is 38.9 Å². The number of benzene rings is 4. The van der Waals surface area contributed by atoms with Crippen molar-refractivity contribution in [3.05, 3.63) is 130 Å². The lowest BCUT2D eigenvalue weighted by atomic mass is 9.93. The van der Waals surface area contributed by atoms with Crippen LogP contribution in [-0.4, -0.2) is 80.9 Å². The first-order valence-electron chi connectivity index (χ1n) is 20.2. The number of amides is 6. The molecule has 2 fully saturated rings. The van der Waals surface area contributed by atoms with Crippen molar-refractivity contribution in [1.82, 2.24) is 25.1 Å². The number of para-hydroxylation sites is 1. The van der Waals surface area contributed by atoms with Crippen LogP contribution in [0.3, 0.4) is 0 Å². The van der Waals surface area contributed by atoms with Gasteiger partial charge in [-0.2, -0.15) is 4.98 Å². The zero-order chi connectivity index (χ0) is 43.3. The Hall–Kier alpha value is -7.20. The first-order valence-corrected chi connectivity index (χ1v) is 20.6. The normalized spacial score (nSPS) is 16.1. The largest absolute Gasteiger partial charge is 0.384 e. The molecule has 3 aliphatic heterocycles. The zero-order valence-corrected chi connectivity index (χ0v) is 34.0. The number of hydrogen-bond donors (Lipinski definition) is 5. The predicted molar refractivity (Wildman–Crippen MR) is 230 cm³/mol. The number of piperidine rings is 1. The van der Waals surface area contributed by atoms with Gasteiger partial charge in [-0.05, 0) is 91.4 Å². The van der Waals surface area contributed by atoms with E-state index in [1.54, 1.807) is 78.9 Å². The molecule has 0 spiro atoms. The molecule has 5 aromatic rings. The van der Waals surface area contributed by atoms with Crippen molar-refractivity contribution < 1.29 is 33.2 Å². The topological polar surface area (TPSA) is 195 Å². The molecule has 1 atom stereocenters. The fourth-order valence-electron chi connectivity index (χ4n) is 7.63. The lowest BCUT2D eigenvalue weighted by Gasteiger charge is -2.39. The van der Waals surface area contributed by atoms with Crippen molar-refractivity contribution in [3.63, 3.8) is 0 Å². The summed E-state index contributed by atoms with van der Waals surface area (Å²) >= 11 is 6.14. The highest BCUT2D eigenvalue weighted by Gasteiger charge is 2.45. The van der Waals surface area contributed by atoms with Crippen molar-refractivity contribution >= 4 is 81.6 Å². The molecular weight excluding hydrogens is 817 g/mol. The maximum Gasteiger partial charge on any atom is 0.264 e. The van der Waals surface area contributed by atoms with Crippen molar-refractivity contribution in [3.8, 4) is 0 Å².